The first-order chi connectivity index (χ1) is 7.95. The summed E-state index contributed by atoms with van der Waals surface area (Å²) >= 11 is 0. The molecule has 1 nitrogen and oxygen atoms in total. The average Bonchev–Trinajstić information content (AvgIpc) is 3.06. The van der Waals surface area contributed by atoms with Crippen molar-refractivity contribution in [1.29, 1.82) is 0 Å². The molecule has 2 aliphatic carbocycles. The molecule has 0 unspecified atom stereocenters. The molecule has 100 valence electrons. The van der Waals surface area contributed by atoms with Gasteiger partial charge in [0.2, 0.25) is 0 Å². The summed E-state index contributed by atoms with van der Waals surface area (Å²) in [5.41, 5.74) is 1.23. The highest BCUT2D eigenvalue weighted by Crippen LogP contribution is 2.48. The third-order valence-electron chi connectivity index (χ3n) is 5.42. The van der Waals surface area contributed by atoms with Gasteiger partial charge in [-0.2, -0.15) is 0 Å². The Morgan fingerprint density at radius 2 is 1.65 bits per heavy atom. The molecule has 1 N–H and O–H groups in total. The molecule has 0 aliphatic heterocycles. The van der Waals surface area contributed by atoms with Gasteiger partial charge in [-0.05, 0) is 61.7 Å². The number of hydrogen-bond acceptors (Lipinski definition) is 1. The van der Waals surface area contributed by atoms with Crippen molar-refractivity contribution in [3.63, 3.8) is 0 Å². The average molecular weight is 237 g/mol. The SMILES string of the molecule is CCC1(CNC2CCC(C(C)(C)C)CC2)CC1. The van der Waals surface area contributed by atoms with Gasteiger partial charge in [0.05, 0.1) is 0 Å². The zero-order valence-electron chi connectivity index (χ0n) is 12.3. The molecule has 2 fully saturated rings. The summed E-state index contributed by atoms with van der Waals surface area (Å²) in [6, 6.07) is 0.817. The molecular formula is C16H31N. The summed E-state index contributed by atoms with van der Waals surface area (Å²) in [5.74, 6) is 0.946. The van der Waals surface area contributed by atoms with Gasteiger partial charge in [0.15, 0.2) is 0 Å². The van der Waals surface area contributed by atoms with E-state index in [9.17, 15) is 0 Å². The fourth-order valence-corrected chi connectivity index (χ4v) is 3.36. The van der Waals surface area contributed by atoms with Gasteiger partial charge in [-0.1, -0.05) is 27.7 Å². The van der Waals surface area contributed by atoms with E-state index in [4.69, 9.17) is 0 Å². The van der Waals surface area contributed by atoms with E-state index < -0.39 is 0 Å². The molecule has 0 aromatic carbocycles. The zero-order chi connectivity index (χ0) is 12.5. The molecule has 0 amide bonds. The summed E-state index contributed by atoms with van der Waals surface area (Å²) in [6.45, 7) is 10.9. The van der Waals surface area contributed by atoms with Crippen molar-refractivity contribution in [3.8, 4) is 0 Å². The monoisotopic (exact) mass is 237 g/mol. The molecular weight excluding hydrogens is 206 g/mol. The maximum Gasteiger partial charge on any atom is 0.00675 e. The minimum atomic E-state index is 0.520. The minimum Gasteiger partial charge on any atom is -0.313 e. The molecule has 0 spiro atoms. The molecule has 1 heteroatoms. The maximum absolute atomic E-state index is 3.85. The highest BCUT2D eigenvalue weighted by Gasteiger charge is 2.40. The quantitative estimate of drug-likeness (QED) is 0.765. The van der Waals surface area contributed by atoms with Crippen LogP contribution >= 0.6 is 0 Å². The Kier molecular flexibility index (Phi) is 3.87. The molecule has 2 rings (SSSR count). The predicted molar refractivity (Wildman–Crippen MR) is 75.2 cm³/mol. The number of hydrogen-bond donors (Lipinski definition) is 1. The minimum absolute atomic E-state index is 0.520. The van der Waals surface area contributed by atoms with Crippen molar-refractivity contribution in [2.45, 2.75) is 78.7 Å². The van der Waals surface area contributed by atoms with Crippen molar-refractivity contribution < 1.29 is 0 Å². The summed E-state index contributed by atoms with van der Waals surface area (Å²) in [6.07, 6.45) is 9.98. The summed E-state index contributed by atoms with van der Waals surface area (Å²) in [5, 5.41) is 3.85. The lowest BCUT2D eigenvalue weighted by Crippen LogP contribution is -2.38. The van der Waals surface area contributed by atoms with Crippen LogP contribution in [0, 0.1) is 16.7 Å². The van der Waals surface area contributed by atoms with Gasteiger partial charge in [-0.3, -0.25) is 0 Å². The van der Waals surface area contributed by atoms with Crippen molar-refractivity contribution in [2.75, 3.05) is 6.54 Å². The topological polar surface area (TPSA) is 12.0 Å². The van der Waals surface area contributed by atoms with Crippen LogP contribution in [-0.2, 0) is 0 Å². The second-order valence-corrected chi connectivity index (χ2v) is 7.65. The van der Waals surface area contributed by atoms with Crippen LogP contribution in [-0.4, -0.2) is 12.6 Å². The zero-order valence-corrected chi connectivity index (χ0v) is 12.3. The first kappa shape index (κ1) is 13.4. The predicted octanol–water partition coefficient (Wildman–Crippen LogP) is 4.37. The van der Waals surface area contributed by atoms with E-state index >= 15 is 0 Å². The molecule has 0 atom stereocenters. The highest BCUT2D eigenvalue weighted by atomic mass is 14.9. The molecule has 17 heavy (non-hydrogen) atoms. The normalized spacial score (nSPS) is 32.5. The van der Waals surface area contributed by atoms with Crippen molar-refractivity contribution in [3.05, 3.63) is 0 Å². The molecule has 0 aromatic rings. The standard InChI is InChI=1S/C16H31N/c1-5-16(10-11-16)12-17-14-8-6-13(7-9-14)15(2,3)4/h13-14,17H,5-12H2,1-4H3. The molecule has 0 heterocycles. The molecule has 0 bridgehead atoms. The van der Waals surface area contributed by atoms with Crippen LogP contribution in [0.5, 0.6) is 0 Å². The highest BCUT2D eigenvalue weighted by molar-refractivity contribution is 4.95. The van der Waals surface area contributed by atoms with Gasteiger partial charge in [0, 0.05) is 12.6 Å². The van der Waals surface area contributed by atoms with Gasteiger partial charge in [-0.25, -0.2) is 0 Å². The molecule has 0 radical (unpaired) electrons. The Bertz CT molecular complexity index is 239. The van der Waals surface area contributed by atoms with E-state index in [2.05, 4.69) is 33.0 Å². The Morgan fingerprint density at radius 3 is 2.06 bits per heavy atom. The van der Waals surface area contributed by atoms with E-state index in [-0.39, 0.29) is 0 Å². The third kappa shape index (κ3) is 3.47. The fraction of sp³-hybridized carbons (Fsp3) is 1.00. The second kappa shape index (κ2) is 4.91. The van der Waals surface area contributed by atoms with E-state index in [0.29, 0.717) is 10.8 Å². The Labute approximate surface area is 108 Å². The van der Waals surface area contributed by atoms with Gasteiger partial charge >= 0.3 is 0 Å². The molecule has 0 saturated heterocycles. The van der Waals surface area contributed by atoms with Gasteiger partial charge in [0.1, 0.15) is 0 Å². The Morgan fingerprint density at radius 1 is 1.06 bits per heavy atom. The van der Waals surface area contributed by atoms with Gasteiger partial charge in [-0.15, -0.1) is 0 Å². The summed E-state index contributed by atoms with van der Waals surface area (Å²) in [7, 11) is 0. The second-order valence-electron chi connectivity index (χ2n) is 7.65. The largest absolute Gasteiger partial charge is 0.313 e. The number of rotatable bonds is 4. The van der Waals surface area contributed by atoms with Crippen LogP contribution in [0.15, 0.2) is 0 Å². The first-order valence-corrected chi connectivity index (χ1v) is 7.69. The van der Waals surface area contributed by atoms with E-state index in [1.165, 1.54) is 51.5 Å². The fourth-order valence-electron chi connectivity index (χ4n) is 3.36. The van der Waals surface area contributed by atoms with E-state index in [0.717, 1.165) is 12.0 Å². The maximum atomic E-state index is 3.85. The molecule has 2 saturated carbocycles. The lowest BCUT2D eigenvalue weighted by Gasteiger charge is -2.37. The van der Waals surface area contributed by atoms with E-state index in [1.54, 1.807) is 0 Å². The summed E-state index contributed by atoms with van der Waals surface area (Å²) < 4.78 is 0. The first-order valence-electron chi connectivity index (χ1n) is 7.69. The summed E-state index contributed by atoms with van der Waals surface area (Å²) in [4.78, 5) is 0. The van der Waals surface area contributed by atoms with Crippen molar-refractivity contribution in [2.24, 2.45) is 16.7 Å². The van der Waals surface area contributed by atoms with Crippen LogP contribution in [0.1, 0.15) is 72.6 Å². The van der Waals surface area contributed by atoms with Crippen LogP contribution in [0.2, 0.25) is 0 Å². The van der Waals surface area contributed by atoms with Crippen LogP contribution in [0.4, 0.5) is 0 Å². The van der Waals surface area contributed by atoms with Gasteiger partial charge in [0.25, 0.3) is 0 Å². The van der Waals surface area contributed by atoms with Crippen LogP contribution in [0.3, 0.4) is 0 Å². The van der Waals surface area contributed by atoms with Gasteiger partial charge < -0.3 is 5.32 Å². The number of nitrogens with one attached hydrogen (secondary N) is 1. The lowest BCUT2D eigenvalue weighted by molar-refractivity contribution is 0.157. The Hall–Kier alpha value is -0.0400. The third-order valence-corrected chi connectivity index (χ3v) is 5.42. The molecule has 2 aliphatic rings. The Balaban J connectivity index is 1.69. The van der Waals surface area contributed by atoms with E-state index in [1.807, 2.05) is 0 Å². The van der Waals surface area contributed by atoms with Crippen molar-refractivity contribution in [1.82, 2.24) is 5.32 Å². The smallest absolute Gasteiger partial charge is 0.00675 e. The van der Waals surface area contributed by atoms with Crippen molar-refractivity contribution >= 4 is 0 Å². The molecule has 0 aromatic heterocycles. The van der Waals surface area contributed by atoms with Crippen LogP contribution < -0.4 is 5.32 Å². The lowest BCUT2D eigenvalue weighted by atomic mass is 9.71. The van der Waals surface area contributed by atoms with Crippen LogP contribution in [0.25, 0.3) is 0 Å².